The zero-order valence-corrected chi connectivity index (χ0v) is 8.39. The van der Waals surface area contributed by atoms with Crippen LogP contribution in [-0.4, -0.2) is 16.1 Å². The van der Waals surface area contributed by atoms with Gasteiger partial charge in [-0.05, 0) is 0 Å². The number of carboxylic acids is 1. The lowest BCUT2D eigenvalue weighted by Crippen LogP contribution is -2.04. The Labute approximate surface area is 80.4 Å². The Kier molecular flexibility index (Phi) is 3.00. The smallest absolute Gasteiger partial charge is 0.355 e. The molecule has 0 fully saturated rings. The highest BCUT2D eigenvalue weighted by Crippen LogP contribution is 2.24. The van der Waals surface area contributed by atoms with Crippen LogP contribution in [0, 0.1) is 0 Å². The van der Waals surface area contributed by atoms with E-state index in [4.69, 9.17) is 10.8 Å². The van der Waals surface area contributed by atoms with Crippen molar-refractivity contribution in [3.63, 3.8) is 0 Å². The fourth-order valence-electron chi connectivity index (χ4n) is 0.922. The van der Waals surface area contributed by atoms with Crippen molar-refractivity contribution in [3.05, 3.63) is 15.6 Å². The van der Waals surface area contributed by atoms with Crippen molar-refractivity contribution >= 4 is 17.3 Å². The van der Waals surface area contributed by atoms with Gasteiger partial charge in [0.2, 0.25) is 0 Å². The molecule has 1 aromatic rings. The zero-order valence-electron chi connectivity index (χ0n) is 7.57. The molecule has 3 N–H and O–H groups in total. The number of thiazole rings is 1. The van der Waals surface area contributed by atoms with Crippen LogP contribution < -0.4 is 5.73 Å². The minimum absolute atomic E-state index is 0.108. The van der Waals surface area contributed by atoms with E-state index in [-0.39, 0.29) is 18.2 Å². The first-order valence-corrected chi connectivity index (χ1v) is 4.80. The number of carbonyl (C=O) groups is 1. The van der Waals surface area contributed by atoms with Crippen molar-refractivity contribution in [2.24, 2.45) is 5.73 Å². The molecule has 4 nitrogen and oxygen atoms in total. The highest BCUT2D eigenvalue weighted by Gasteiger charge is 2.17. The molecule has 0 aliphatic carbocycles. The molecule has 0 saturated heterocycles. The molecule has 0 aromatic carbocycles. The van der Waals surface area contributed by atoms with Gasteiger partial charge in [-0.2, -0.15) is 0 Å². The van der Waals surface area contributed by atoms with Gasteiger partial charge in [0.1, 0.15) is 0 Å². The maximum absolute atomic E-state index is 10.7. The number of aromatic nitrogens is 1. The molecule has 1 heterocycles. The first kappa shape index (κ1) is 10.1. The molecule has 0 spiro atoms. The summed E-state index contributed by atoms with van der Waals surface area (Å²) in [7, 11) is 0. The third-order valence-corrected chi connectivity index (χ3v) is 2.97. The molecule has 1 rings (SSSR count). The van der Waals surface area contributed by atoms with Crippen molar-refractivity contribution in [2.45, 2.75) is 26.3 Å². The van der Waals surface area contributed by atoms with Crippen molar-refractivity contribution in [1.82, 2.24) is 4.98 Å². The van der Waals surface area contributed by atoms with Gasteiger partial charge in [0.05, 0.1) is 9.88 Å². The van der Waals surface area contributed by atoms with Gasteiger partial charge in [-0.3, -0.25) is 0 Å². The van der Waals surface area contributed by atoms with Crippen molar-refractivity contribution < 1.29 is 9.90 Å². The Morgan fingerprint density at radius 1 is 1.69 bits per heavy atom. The molecular weight excluding hydrogens is 188 g/mol. The molecule has 0 saturated carbocycles. The monoisotopic (exact) mass is 200 g/mol. The molecular formula is C8H12N2O2S. The van der Waals surface area contributed by atoms with Crippen LogP contribution in [0.5, 0.6) is 0 Å². The number of hydrogen-bond acceptors (Lipinski definition) is 4. The van der Waals surface area contributed by atoms with E-state index in [9.17, 15) is 4.79 Å². The van der Waals surface area contributed by atoms with Crippen molar-refractivity contribution in [2.75, 3.05) is 0 Å². The highest BCUT2D eigenvalue weighted by atomic mass is 32.1. The van der Waals surface area contributed by atoms with Crippen molar-refractivity contribution in [1.29, 1.82) is 0 Å². The van der Waals surface area contributed by atoms with Gasteiger partial charge in [0, 0.05) is 12.5 Å². The number of rotatable bonds is 3. The van der Waals surface area contributed by atoms with E-state index in [2.05, 4.69) is 4.98 Å². The normalized spacial score (nSPS) is 10.8. The summed E-state index contributed by atoms with van der Waals surface area (Å²) in [5.74, 6) is -0.744. The average molecular weight is 200 g/mol. The quantitative estimate of drug-likeness (QED) is 0.773. The standard InChI is InChI=1S/C8H12N2O2S/c1-4(2)7-10-6(8(11)12)5(3-9)13-7/h4H,3,9H2,1-2H3,(H,11,12). The lowest BCUT2D eigenvalue weighted by Gasteiger charge is -1.94. The first-order valence-electron chi connectivity index (χ1n) is 3.99. The Balaban J connectivity index is 3.11. The van der Waals surface area contributed by atoms with Gasteiger partial charge in [0.25, 0.3) is 0 Å². The molecule has 0 aliphatic rings. The van der Waals surface area contributed by atoms with Crippen LogP contribution in [0.15, 0.2) is 0 Å². The van der Waals surface area contributed by atoms with Crippen LogP contribution in [0.2, 0.25) is 0 Å². The minimum Gasteiger partial charge on any atom is -0.476 e. The fourth-order valence-corrected chi connectivity index (χ4v) is 1.86. The molecule has 0 aliphatic heterocycles. The summed E-state index contributed by atoms with van der Waals surface area (Å²) in [4.78, 5) is 15.4. The second-order valence-corrected chi connectivity index (χ2v) is 4.10. The van der Waals surface area contributed by atoms with E-state index in [0.717, 1.165) is 5.01 Å². The van der Waals surface area contributed by atoms with E-state index in [0.29, 0.717) is 4.88 Å². The predicted molar refractivity (Wildman–Crippen MR) is 51.1 cm³/mol. The zero-order chi connectivity index (χ0) is 10.0. The van der Waals surface area contributed by atoms with Gasteiger partial charge >= 0.3 is 5.97 Å². The minimum atomic E-state index is -0.997. The lowest BCUT2D eigenvalue weighted by atomic mass is 10.2. The lowest BCUT2D eigenvalue weighted by molar-refractivity contribution is 0.0690. The topological polar surface area (TPSA) is 76.2 Å². The Bertz CT molecular complexity index is 320. The molecule has 0 amide bonds. The van der Waals surface area contributed by atoms with Crippen molar-refractivity contribution in [3.8, 4) is 0 Å². The average Bonchev–Trinajstić information content (AvgIpc) is 2.47. The SMILES string of the molecule is CC(C)c1nc(C(=O)O)c(CN)s1. The molecule has 0 bridgehead atoms. The van der Waals surface area contributed by atoms with Crippen LogP contribution in [-0.2, 0) is 6.54 Å². The van der Waals surface area contributed by atoms with Crippen LogP contribution in [0.4, 0.5) is 0 Å². The third kappa shape index (κ3) is 2.05. The Morgan fingerprint density at radius 2 is 2.31 bits per heavy atom. The van der Waals surface area contributed by atoms with Gasteiger partial charge in [-0.1, -0.05) is 13.8 Å². The molecule has 0 radical (unpaired) electrons. The molecule has 72 valence electrons. The third-order valence-electron chi connectivity index (χ3n) is 1.60. The molecule has 0 unspecified atom stereocenters. The van der Waals surface area contributed by atoms with E-state index in [1.165, 1.54) is 11.3 Å². The van der Waals surface area contributed by atoms with Crippen LogP contribution in [0.3, 0.4) is 0 Å². The van der Waals surface area contributed by atoms with Gasteiger partial charge in [0.15, 0.2) is 5.69 Å². The summed E-state index contributed by atoms with van der Waals surface area (Å²) < 4.78 is 0. The van der Waals surface area contributed by atoms with E-state index < -0.39 is 5.97 Å². The molecule has 1 aromatic heterocycles. The number of aromatic carboxylic acids is 1. The second-order valence-electron chi connectivity index (χ2n) is 2.99. The maximum Gasteiger partial charge on any atom is 0.355 e. The van der Waals surface area contributed by atoms with Crippen LogP contribution >= 0.6 is 11.3 Å². The Hall–Kier alpha value is -0.940. The predicted octanol–water partition coefficient (Wildman–Crippen LogP) is 1.42. The second kappa shape index (κ2) is 3.85. The van der Waals surface area contributed by atoms with Gasteiger partial charge < -0.3 is 10.8 Å². The summed E-state index contributed by atoms with van der Waals surface area (Å²) in [5, 5.41) is 9.61. The maximum atomic E-state index is 10.7. The molecule has 13 heavy (non-hydrogen) atoms. The van der Waals surface area contributed by atoms with Gasteiger partial charge in [-0.15, -0.1) is 11.3 Å². The number of nitrogens with two attached hydrogens (primary N) is 1. The molecule has 0 atom stereocenters. The van der Waals surface area contributed by atoms with Crippen LogP contribution in [0.1, 0.15) is 40.1 Å². The summed E-state index contributed by atoms with van der Waals surface area (Å²) in [6.45, 7) is 4.20. The summed E-state index contributed by atoms with van der Waals surface area (Å²) in [6, 6.07) is 0. The molecule has 5 heteroatoms. The summed E-state index contributed by atoms with van der Waals surface area (Å²) in [6.07, 6.45) is 0. The fraction of sp³-hybridized carbons (Fsp3) is 0.500. The largest absolute Gasteiger partial charge is 0.476 e. The van der Waals surface area contributed by atoms with E-state index >= 15 is 0 Å². The van der Waals surface area contributed by atoms with Gasteiger partial charge in [-0.25, -0.2) is 9.78 Å². The van der Waals surface area contributed by atoms with Crippen LogP contribution in [0.25, 0.3) is 0 Å². The summed E-state index contributed by atoms with van der Waals surface area (Å²) >= 11 is 1.38. The number of nitrogens with zero attached hydrogens (tertiary/aromatic N) is 1. The summed E-state index contributed by atoms with van der Waals surface area (Å²) in [5.41, 5.74) is 5.52. The number of hydrogen-bond donors (Lipinski definition) is 2. The van der Waals surface area contributed by atoms with E-state index in [1.54, 1.807) is 0 Å². The Morgan fingerprint density at radius 3 is 2.62 bits per heavy atom. The van der Waals surface area contributed by atoms with E-state index in [1.807, 2.05) is 13.8 Å². The first-order chi connectivity index (χ1) is 6.06. The number of carboxylic acid groups (broad SMARTS) is 1. The highest BCUT2D eigenvalue weighted by molar-refractivity contribution is 7.12.